The Morgan fingerprint density at radius 3 is 2.58 bits per heavy atom. The molecule has 0 fully saturated rings. The first-order valence-corrected chi connectivity index (χ1v) is 4.30. The molecule has 0 aromatic carbocycles. The average molecular weight is 202 g/mol. The zero-order valence-corrected chi connectivity index (χ0v) is 7.86. The van der Waals surface area contributed by atoms with Gasteiger partial charge in [-0.15, -0.1) is 11.6 Å². The van der Waals surface area contributed by atoms with E-state index in [0.717, 1.165) is 0 Å². The Kier molecular flexibility index (Phi) is 7.75. The molecule has 5 heteroatoms. The Bertz CT molecular complexity index is 105. The average Bonchev–Trinajstić information content (AvgIpc) is 1.97. The van der Waals surface area contributed by atoms with E-state index < -0.39 is 6.43 Å². The number of hydrogen-bond donors (Lipinski definition) is 0. The van der Waals surface area contributed by atoms with E-state index in [-0.39, 0.29) is 6.54 Å². The fourth-order valence-corrected chi connectivity index (χ4v) is 0.813. The lowest BCUT2D eigenvalue weighted by Crippen LogP contribution is -2.28. The molecule has 0 bridgehead atoms. The van der Waals surface area contributed by atoms with Crippen molar-refractivity contribution in [2.75, 3.05) is 39.2 Å². The second kappa shape index (κ2) is 7.71. The number of likely N-dealkylation sites (N-methyl/N-ethyl adjacent to an activating group) is 1. The summed E-state index contributed by atoms with van der Waals surface area (Å²) >= 11 is 5.34. The van der Waals surface area contributed by atoms with Crippen molar-refractivity contribution < 1.29 is 13.5 Å². The van der Waals surface area contributed by atoms with Crippen molar-refractivity contribution in [3.63, 3.8) is 0 Å². The summed E-state index contributed by atoms with van der Waals surface area (Å²) in [5.74, 6) is 0.443. The molecule has 0 saturated heterocycles. The van der Waals surface area contributed by atoms with E-state index in [4.69, 9.17) is 16.3 Å². The van der Waals surface area contributed by atoms with Crippen LogP contribution in [0, 0.1) is 0 Å². The third kappa shape index (κ3) is 8.17. The van der Waals surface area contributed by atoms with Crippen LogP contribution in [0.1, 0.15) is 0 Å². The number of nitrogens with zero attached hydrogens (tertiary/aromatic N) is 1. The number of hydrogen-bond acceptors (Lipinski definition) is 2. The molecule has 0 aromatic heterocycles. The van der Waals surface area contributed by atoms with Gasteiger partial charge >= 0.3 is 0 Å². The zero-order chi connectivity index (χ0) is 9.40. The molecule has 0 atom stereocenters. The Morgan fingerprint density at radius 1 is 1.42 bits per heavy atom. The lowest BCUT2D eigenvalue weighted by Gasteiger charge is -2.15. The minimum atomic E-state index is -2.27. The van der Waals surface area contributed by atoms with Crippen LogP contribution in [0.15, 0.2) is 0 Å². The van der Waals surface area contributed by atoms with Crippen LogP contribution in [0.3, 0.4) is 0 Å². The molecule has 0 radical (unpaired) electrons. The number of rotatable bonds is 7. The predicted molar refractivity (Wildman–Crippen MR) is 45.0 cm³/mol. The van der Waals surface area contributed by atoms with Crippen LogP contribution >= 0.6 is 11.6 Å². The zero-order valence-electron chi connectivity index (χ0n) is 7.10. The molecule has 0 amide bonds. The topological polar surface area (TPSA) is 12.5 Å². The summed E-state index contributed by atoms with van der Waals surface area (Å²) in [6.45, 7) is 1.24. The van der Waals surface area contributed by atoms with E-state index in [1.165, 1.54) is 4.90 Å². The van der Waals surface area contributed by atoms with E-state index in [2.05, 4.69) is 0 Å². The summed E-state index contributed by atoms with van der Waals surface area (Å²) < 4.78 is 28.5. The monoisotopic (exact) mass is 201 g/mol. The van der Waals surface area contributed by atoms with Gasteiger partial charge in [0.15, 0.2) is 0 Å². The minimum Gasteiger partial charge on any atom is -0.379 e. The molecule has 0 heterocycles. The van der Waals surface area contributed by atoms with Crippen LogP contribution < -0.4 is 0 Å². The van der Waals surface area contributed by atoms with Crippen LogP contribution in [0.25, 0.3) is 0 Å². The Hall–Kier alpha value is 0.0700. The van der Waals surface area contributed by atoms with Crippen molar-refractivity contribution in [2.45, 2.75) is 6.43 Å². The molecule has 0 unspecified atom stereocenters. The highest BCUT2D eigenvalue weighted by Gasteiger charge is 2.06. The smallest absolute Gasteiger partial charge is 0.251 e. The highest BCUT2D eigenvalue weighted by molar-refractivity contribution is 6.17. The van der Waals surface area contributed by atoms with Crippen LogP contribution in [-0.4, -0.2) is 50.6 Å². The SMILES string of the molecule is CN(CCOCCCl)CC(F)F. The maximum Gasteiger partial charge on any atom is 0.251 e. The number of ether oxygens (including phenoxy) is 1. The summed E-state index contributed by atoms with van der Waals surface area (Å²) in [6, 6.07) is 0. The lowest BCUT2D eigenvalue weighted by atomic mass is 10.5. The van der Waals surface area contributed by atoms with Crippen LogP contribution in [0.4, 0.5) is 8.78 Å². The fraction of sp³-hybridized carbons (Fsp3) is 1.00. The molecule has 0 aromatic rings. The van der Waals surface area contributed by atoms with Crippen LogP contribution in [0.5, 0.6) is 0 Å². The summed E-state index contributed by atoms with van der Waals surface area (Å²) in [5, 5.41) is 0. The normalized spacial score (nSPS) is 11.5. The van der Waals surface area contributed by atoms with Gasteiger partial charge in [0, 0.05) is 12.4 Å². The van der Waals surface area contributed by atoms with Crippen molar-refractivity contribution in [2.24, 2.45) is 0 Å². The second-order valence-corrected chi connectivity index (χ2v) is 2.83. The summed E-state index contributed by atoms with van der Waals surface area (Å²) in [4.78, 5) is 1.53. The van der Waals surface area contributed by atoms with Gasteiger partial charge in [-0.2, -0.15) is 0 Å². The molecule has 2 nitrogen and oxygen atoms in total. The second-order valence-electron chi connectivity index (χ2n) is 2.45. The Balaban J connectivity index is 3.14. The standard InChI is InChI=1S/C7H14ClF2NO/c1-11(6-7(9)10)3-5-12-4-2-8/h7H,2-6H2,1H3. The predicted octanol–water partition coefficient (Wildman–Crippen LogP) is 1.44. The minimum absolute atomic E-state index is 0.204. The van der Waals surface area contributed by atoms with E-state index >= 15 is 0 Å². The van der Waals surface area contributed by atoms with Crippen molar-refractivity contribution in [1.82, 2.24) is 4.90 Å². The van der Waals surface area contributed by atoms with Crippen LogP contribution in [0.2, 0.25) is 0 Å². The summed E-state index contributed by atoms with van der Waals surface area (Å²) in [7, 11) is 1.64. The van der Waals surface area contributed by atoms with Gasteiger partial charge in [-0.05, 0) is 7.05 Å². The van der Waals surface area contributed by atoms with Gasteiger partial charge in [0.25, 0.3) is 6.43 Å². The van der Waals surface area contributed by atoms with Crippen molar-refractivity contribution >= 4 is 11.6 Å². The van der Waals surface area contributed by atoms with E-state index in [9.17, 15) is 8.78 Å². The third-order valence-electron chi connectivity index (χ3n) is 1.29. The lowest BCUT2D eigenvalue weighted by molar-refractivity contribution is 0.0749. The Labute approximate surface area is 76.4 Å². The maximum atomic E-state index is 11.8. The molecule has 0 aliphatic heterocycles. The van der Waals surface area contributed by atoms with Gasteiger partial charge in [0.05, 0.1) is 19.8 Å². The Morgan fingerprint density at radius 2 is 2.08 bits per heavy atom. The summed E-state index contributed by atoms with van der Waals surface area (Å²) in [6.07, 6.45) is -2.27. The van der Waals surface area contributed by atoms with E-state index in [1.807, 2.05) is 0 Å². The fourth-order valence-electron chi connectivity index (χ4n) is 0.704. The number of halogens is 3. The highest BCUT2D eigenvalue weighted by atomic mass is 35.5. The molecule has 12 heavy (non-hydrogen) atoms. The molecule has 74 valence electrons. The molecular formula is C7H14ClF2NO. The van der Waals surface area contributed by atoms with Gasteiger partial charge in [0.1, 0.15) is 0 Å². The molecule has 0 aliphatic rings. The van der Waals surface area contributed by atoms with Gasteiger partial charge in [-0.1, -0.05) is 0 Å². The van der Waals surface area contributed by atoms with Gasteiger partial charge < -0.3 is 4.74 Å². The van der Waals surface area contributed by atoms with Crippen LogP contribution in [-0.2, 0) is 4.74 Å². The maximum absolute atomic E-state index is 11.8. The molecule has 0 spiro atoms. The first kappa shape index (κ1) is 12.1. The largest absolute Gasteiger partial charge is 0.379 e. The first-order chi connectivity index (χ1) is 5.66. The quantitative estimate of drug-likeness (QED) is 0.457. The van der Waals surface area contributed by atoms with Gasteiger partial charge in [0.2, 0.25) is 0 Å². The molecule has 0 rings (SSSR count). The molecular weight excluding hydrogens is 188 g/mol. The van der Waals surface area contributed by atoms with Crippen molar-refractivity contribution in [3.05, 3.63) is 0 Å². The number of alkyl halides is 3. The van der Waals surface area contributed by atoms with Gasteiger partial charge in [-0.25, -0.2) is 8.78 Å². The van der Waals surface area contributed by atoms with E-state index in [1.54, 1.807) is 7.05 Å². The highest BCUT2D eigenvalue weighted by Crippen LogP contribution is 1.94. The van der Waals surface area contributed by atoms with Gasteiger partial charge in [-0.3, -0.25) is 4.90 Å². The molecule has 0 saturated carbocycles. The third-order valence-corrected chi connectivity index (χ3v) is 1.44. The summed E-state index contributed by atoms with van der Waals surface area (Å²) in [5.41, 5.74) is 0. The molecule has 0 aliphatic carbocycles. The van der Waals surface area contributed by atoms with Crippen molar-refractivity contribution in [1.29, 1.82) is 0 Å². The van der Waals surface area contributed by atoms with Crippen molar-refractivity contribution in [3.8, 4) is 0 Å². The van der Waals surface area contributed by atoms with E-state index in [0.29, 0.717) is 25.6 Å². The molecule has 0 N–H and O–H groups in total. The first-order valence-electron chi connectivity index (χ1n) is 3.77.